The minimum Gasteiger partial charge on any atom is -0.454 e. The van der Waals surface area contributed by atoms with Gasteiger partial charge in [0, 0.05) is 10.8 Å². The highest BCUT2D eigenvalue weighted by molar-refractivity contribution is 7.08. The molecule has 2 heterocycles. The number of anilines is 1. The summed E-state index contributed by atoms with van der Waals surface area (Å²) in [6, 6.07) is 9.15. The van der Waals surface area contributed by atoms with Gasteiger partial charge in [0.05, 0.1) is 11.1 Å². The number of aromatic nitrogens is 2. The molecule has 2 aromatic heterocycles. The van der Waals surface area contributed by atoms with Gasteiger partial charge in [0.15, 0.2) is 12.4 Å². The number of hydrogen-bond acceptors (Lipinski definition) is 6. The molecule has 0 amide bonds. The van der Waals surface area contributed by atoms with E-state index in [9.17, 15) is 4.79 Å². The van der Waals surface area contributed by atoms with Crippen LogP contribution in [0.1, 0.15) is 16.2 Å². The smallest absolute Gasteiger partial charge is 0.339 e. The third-order valence-electron chi connectivity index (χ3n) is 2.77. The second-order valence-electron chi connectivity index (χ2n) is 4.13. The molecule has 0 saturated carbocycles. The molecule has 0 aliphatic carbocycles. The van der Waals surface area contributed by atoms with Gasteiger partial charge in [0.25, 0.3) is 0 Å². The zero-order chi connectivity index (χ0) is 13.9. The van der Waals surface area contributed by atoms with Crippen molar-refractivity contribution in [2.75, 3.05) is 5.73 Å². The molecular weight excluding hydrogens is 274 g/mol. The first-order chi connectivity index (χ1) is 9.74. The Morgan fingerprint density at radius 2 is 2.10 bits per heavy atom. The lowest BCUT2D eigenvalue weighted by molar-refractivity contribution is 0.0463. The summed E-state index contributed by atoms with van der Waals surface area (Å²) in [7, 11) is 0. The molecule has 0 radical (unpaired) electrons. The van der Waals surface area contributed by atoms with Gasteiger partial charge in [-0.2, -0.15) is 11.3 Å². The van der Waals surface area contributed by atoms with Crippen molar-refractivity contribution < 1.29 is 9.53 Å². The molecule has 0 aliphatic rings. The molecule has 0 fully saturated rings. The van der Waals surface area contributed by atoms with Crippen molar-refractivity contribution in [2.45, 2.75) is 6.61 Å². The van der Waals surface area contributed by atoms with Crippen molar-refractivity contribution in [3.05, 3.63) is 52.5 Å². The van der Waals surface area contributed by atoms with Crippen molar-refractivity contribution in [3.63, 3.8) is 0 Å². The van der Waals surface area contributed by atoms with Crippen molar-refractivity contribution in [3.8, 4) is 0 Å². The lowest BCUT2D eigenvalue weighted by atomic mass is 10.2. The first-order valence-electron chi connectivity index (χ1n) is 5.94. The number of ether oxygens (including phenoxy) is 1. The number of benzene rings is 1. The highest BCUT2D eigenvalue weighted by atomic mass is 32.1. The van der Waals surface area contributed by atoms with E-state index in [4.69, 9.17) is 10.5 Å². The number of nitrogens with two attached hydrogens (primary N) is 1. The molecule has 0 atom stereocenters. The zero-order valence-corrected chi connectivity index (χ0v) is 11.3. The van der Waals surface area contributed by atoms with Crippen molar-refractivity contribution in [1.29, 1.82) is 0 Å². The Hall–Kier alpha value is -2.47. The average molecular weight is 285 g/mol. The molecule has 3 rings (SSSR count). The molecule has 0 spiro atoms. The highest BCUT2D eigenvalue weighted by Gasteiger charge is 2.10. The van der Waals surface area contributed by atoms with Crippen LogP contribution in [0.15, 0.2) is 41.1 Å². The second-order valence-corrected chi connectivity index (χ2v) is 4.91. The number of esters is 1. The summed E-state index contributed by atoms with van der Waals surface area (Å²) in [4.78, 5) is 20.2. The maximum absolute atomic E-state index is 11.7. The maximum Gasteiger partial charge on any atom is 0.339 e. The van der Waals surface area contributed by atoms with E-state index in [0.717, 1.165) is 10.9 Å². The fourth-order valence-corrected chi connectivity index (χ4v) is 2.43. The van der Waals surface area contributed by atoms with Gasteiger partial charge in [-0.05, 0) is 23.6 Å². The van der Waals surface area contributed by atoms with Gasteiger partial charge in [-0.15, -0.1) is 0 Å². The topological polar surface area (TPSA) is 78.1 Å². The fourth-order valence-electron chi connectivity index (χ4n) is 1.81. The lowest BCUT2D eigenvalue weighted by Crippen LogP contribution is -2.08. The van der Waals surface area contributed by atoms with Gasteiger partial charge in [0.2, 0.25) is 0 Å². The monoisotopic (exact) mass is 285 g/mol. The minimum absolute atomic E-state index is 0.00368. The molecule has 100 valence electrons. The molecule has 6 heteroatoms. The Bertz CT molecular complexity index is 756. The van der Waals surface area contributed by atoms with Crippen molar-refractivity contribution in [1.82, 2.24) is 9.97 Å². The van der Waals surface area contributed by atoms with Gasteiger partial charge >= 0.3 is 5.97 Å². The SMILES string of the molecule is Nc1nc(COC(=O)c2ccsc2)nc2ccccc12. The number of thiophene rings is 1. The number of fused-ring (bicyclic) bond motifs is 1. The summed E-state index contributed by atoms with van der Waals surface area (Å²) < 4.78 is 5.16. The summed E-state index contributed by atoms with van der Waals surface area (Å²) >= 11 is 1.44. The molecule has 2 N–H and O–H groups in total. The van der Waals surface area contributed by atoms with Crippen LogP contribution < -0.4 is 5.73 Å². The van der Waals surface area contributed by atoms with E-state index >= 15 is 0 Å². The van der Waals surface area contributed by atoms with Crippen LogP contribution in [-0.4, -0.2) is 15.9 Å². The summed E-state index contributed by atoms with van der Waals surface area (Å²) in [6.07, 6.45) is 0. The summed E-state index contributed by atoms with van der Waals surface area (Å²) in [5.74, 6) is 0.392. The summed E-state index contributed by atoms with van der Waals surface area (Å²) in [5, 5.41) is 4.35. The lowest BCUT2D eigenvalue weighted by Gasteiger charge is -2.06. The van der Waals surface area contributed by atoms with Crippen LogP contribution in [0.3, 0.4) is 0 Å². The van der Waals surface area contributed by atoms with Crippen LogP contribution in [0.5, 0.6) is 0 Å². The van der Waals surface area contributed by atoms with Gasteiger partial charge in [-0.1, -0.05) is 12.1 Å². The molecule has 0 unspecified atom stereocenters. The Kier molecular flexibility index (Phi) is 3.30. The van der Waals surface area contributed by atoms with E-state index in [1.54, 1.807) is 11.4 Å². The molecule has 20 heavy (non-hydrogen) atoms. The molecule has 5 nitrogen and oxygen atoms in total. The van der Waals surface area contributed by atoms with Crippen LogP contribution >= 0.6 is 11.3 Å². The quantitative estimate of drug-likeness (QED) is 0.748. The van der Waals surface area contributed by atoms with Crippen LogP contribution in [0.2, 0.25) is 0 Å². The number of nitrogens with zero attached hydrogens (tertiary/aromatic N) is 2. The molecule has 3 aromatic rings. The predicted octanol–water partition coefficient (Wildman–Crippen LogP) is 2.63. The molecule has 1 aromatic carbocycles. The number of carbonyl (C=O) groups excluding carboxylic acids is 1. The Labute approximate surface area is 119 Å². The number of hydrogen-bond donors (Lipinski definition) is 1. The largest absolute Gasteiger partial charge is 0.454 e. The van der Waals surface area contributed by atoms with E-state index in [2.05, 4.69) is 9.97 Å². The minimum atomic E-state index is -0.387. The number of carbonyl (C=O) groups is 1. The second kappa shape index (κ2) is 5.26. The van der Waals surface area contributed by atoms with E-state index in [0.29, 0.717) is 17.2 Å². The molecule has 0 bridgehead atoms. The van der Waals surface area contributed by atoms with E-state index in [1.165, 1.54) is 11.3 Å². The van der Waals surface area contributed by atoms with E-state index in [-0.39, 0.29) is 12.6 Å². The van der Waals surface area contributed by atoms with Gasteiger partial charge in [-0.3, -0.25) is 0 Å². The van der Waals surface area contributed by atoms with Crippen LogP contribution in [0.25, 0.3) is 10.9 Å². The number of para-hydroxylation sites is 1. The zero-order valence-electron chi connectivity index (χ0n) is 10.4. The standard InChI is InChI=1S/C14H11N3O2S/c15-13-10-3-1-2-4-11(10)16-12(17-13)7-19-14(18)9-5-6-20-8-9/h1-6,8H,7H2,(H2,15,16,17). The molecular formula is C14H11N3O2S. The first-order valence-corrected chi connectivity index (χ1v) is 6.89. The van der Waals surface area contributed by atoms with E-state index < -0.39 is 0 Å². The predicted molar refractivity (Wildman–Crippen MR) is 77.4 cm³/mol. The van der Waals surface area contributed by atoms with Crippen LogP contribution in [0, 0.1) is 0 Å². The fraction of sp³-hybridized carbons (Fsp3) is 0.0714. The van der Waals surface area contributed by atoms with Crippen molar-refractivity contribution in [2.24, 2.45) is 0 Å². The highest BCUT2D eigenvalue weighted by Crippen LogP contribution is 2.17. The number of nitrogen functional groups attached to an aromatic ring is 1. The average Bonchev–Trinajstić information content (AvgIpc) is 2.99. The first kappa shape index (κ1) is 12.6. The third kappa shape index (κ3) is 2.46. The van der Waals surface area contributed by atoms with Gasteiger partial charge in [0.1, 0.15) is 5.82 Å². The van der Waals surface area contributed by atoms with Crippen LogP contribution in [0.4, 0.5) is 5.82 Å². The van der Waals surface area contributed by atoms with E-state index in [1.807, 2.05) is 29.6 Å². The van der Waals surface area contributed by atoms with Crippen molar-refractivity contribution >= 4 is 34.0 Å². The summed E-state index contributed by atoms with van der Waals surface area (Å²) in [6.45, 7) is 0.00368. The number of rotatable bonds is 3. The molecule has 0 saturated heterocycles. The van der Waals surface area contributed by atoms with Crippen LogP contribution in [-0.2, 0) is 11.3 Å². The summed E-state index contributed by atoms with van der Waals surface area (Å²) in [5.41, 5.74) is 7.14. The van der Waals surface area contributed by atoms with Gasteiger partial charge < -0.3 is 10.5 Å². The molecule has 0 aliphatic heterocycles. The Balaban J connectivity index is 1.79. The Morgan fingerprint density at radius 1 is 1.25 bits per heavy atom. The normalized spacial score (nSPS) is 10.6. The van der Waals surface area contributed by atoms with Gasteiger partial charge in [-0.25, -0.2) is 14.8 Å². The Morgan fingerprint density at radius 3 is 2.90 bits per heavy atom. The maximum atomic E-state index is 11.7. The third-order valence-corrected chi connectivity index (χ3v) is 3.45.